The number of rotatable bonds is 5. The van der Waals surface area contributed by atoms with Crippen LogP contribution in [0, 0.1) is 12.3 Å². The lowest BCUT2D eigenvalue weighted by atomic mass is 10.1. The van der Waals surface area contributed by atoms with Gasteiger partial charge in [0.05, 0.1) is 13.7 Å². The standard InChI is InChI=1S/C14H17NO2/c1-4-11-15(2)14(16)10-7-12-5-8-13(17-3)9-6-12/h1,5-6,8-9H,7,10-11H2,2-3H3. The number of nitrogens with zero attached hydrogens (tertiary/aromatic N) is 1. The lowest BCUT2D eigenvalue weighted by Gasteiger charge is -2.13. The fourth-order valence-electron chi connectivity index (χ4n) is 1.46. The molecule has 0 saturated heterocycles. The van der Waals surface area contributed by atoms with Gasteiger partial charge < -0.3 is 9.64 Å². The van der Waals surface area contributed by atoms with Crippen LogP contribution < -0.4 is 4.74 Å². The first-order chi connectivity index (χ1) is 8.17. The van der Waals surface area contributed by atoms with E-state index in [1.54, 1.807) is 19.1 Å². The molecule has 0 aliphatic heterocycles. The lowest BCUT2D eigenvalue weighted by Crippen LogP contribution is -2.27. The molecule has 1 amide bonds. The number of aryl methyl sites for hydroxylation is 1. The van der Waals surface area contributed by atoms with E-state index < -0.39 is 0 Å². The fourth-order valence-corrected chi connectivity index (χ4v) is 1.46. The summed E-state index contributed by atoms with van der Waals surface area (Å²) in [5, 5.41) is 0. The van der Waals surface area contributed by atoms with Crippen molar-refractivity contribution in [2.45, 2.75) is 12.8 Å². The Bertz CT molecular complexity index is 403. The molecule has 1 rings (SSSR count). The Hall–Kier alpha value is -1.95. The predicted molar refractivity (Wildman–Crippen MR) is 67.8 cm³/mol. The Morgan fingerprint density at radius 3 is 2.59 bits per heavy atom. The fraction of sp³-hybridized carbons (Fsp3) is 0.357. The number of ether oxygens (including phenoxy) is 1. The highest BCUT2D eigenvalue weighted by molar-refractivity contribution is 5.76. The molecule has 0 unspecified atom stereocenters. The monoisotopic (exact) mass is 231 g/mol. The molecule has 0 N–H and O–H groups in total. The third-order valence-corrected chi connectivity index (χ3v) is 2.54. The van der Waals surface area contributed by atoms with E-state index in [9.17, 15) is 4.79 Å². The van der Waals surface area contributed by atoms with Gasteiger partial charge >= 0.3 is 0 Å². The molecule has 0 fully saturated rings. The maximum absolute atomic E-state index is 11.6. The van der Waals surface area contributed by atoms with Crippen molar-refractivity contribution in [3.05, 3.63) is 29.8 Å². The predicted octanol–water partition coefficient (Wildman–Crippen LogP) is 1.72. The summed E-state index contributed by atoms with van der Waals surface area (Å²) in [6.45, 7) is 0.363. The Balaban J connectivity index is 2.44. The van der Waals surface area contributed by atoms with E-state index in [-0.39, 0.29) is 5.91 Å². The Labute approximate surface area is 102 Å². The average Bonchev–Trinajstić information content (AvgIpc) is 2.36. The molecule has 0 radical (unpaired) electrons. The highest BCUT2D eigenvalue weighted by Crippen LogP contribution is 2.12. The molecule has 17 heavy (non-hydrogen) atoms. The van der Waals surface area contributed by atoms with Crippen LogP contribution in [0.4, 0.5) is 0 Å². The van der Waals surface area contributed by atoms with Gasteiger partial charge in [-0.2, -0.15) is 0 Å². The Kier molecular flexibility index (Phi) is 5.09. The second kappa shape index (κ2) is 6.59. The highest BCUT2D eigenvalue weighted by atomic mass is 16.5. The van der Waals surface area contributed by atoms with E-state index >= 15 is 0 Å². The van der Waals surface area contributed by atoms with Crippen LogP contribution in [0.15, 0.2) is 24.3 Å². The van der Waals surface area contributed by atoms with Gasteiger partial charge in [0, 0.05) is 13.5 Å². The first-order valence-corrected chi connectivity index (χ1v) is 5.47. The van der Waals surface area contributed by atoms with Crippen LogP contribution in [0.2, 0.25) is 0 Å². The van der Waals surface area contributed by atoms with Crippen molar-refractivity contribution in [1.29, 1.82) is 0 Å². The van der Waals surface area contributed by atoms with Crippen LogP contribution in [0.3, 0.4) is 0 Å². The molecule has 0 heterocycles. The zero-order valence-electron chi connectivity index (χ0n) is 10.3. The van der Waals surface area contributed by atoms with E-state index in [1.165, 1.54) is 0 Å². The van der Waals surface area contributed by atoms with Gasteiger partial charge in [-0.25, -0.2) is 0 Å². The molecule has 3 heteroatoms. The van der Waals surface area contributed by atoms with Crippen molar-refractivity contribution < 1.29 is 9.53 Å². The normalized spacial score (nSPS) is 9.47. The van der Waals surface area contributed by atoms with Gasteiger partial charge in [0.1, 0.15) is 5.75 Å². The second-order valence-corrected chi connectivity index (χ2v) is 3.80. The third-order valence-electron chi connectivity index (χ3n) is 2.54. The number of hydrogen-bond acceptors (Lipinski definition) is 2. The average molecular weight is 231 g/mol. The summed E-state index contributed by atoms with van der Waals surface area (Å²) < 4.78 is 5.07. The number of carbonyl (C=O) groups excluding carboxylic acids is 1. The van der Waals surface area contributed by atoms with Crippen LogP contribution >= 0.6 is 0 Å². The largest absolute Gasteiger partial charge is 0.497 e. The summed E-state index contributed by atoms with van der Waals surface area (Å²) in [5.74, 6) is 3.34. The van der Waals surface area contributed by atoms with Crippen LogP contribution in [0.25, 0.3) is 0 Å². The zero-order chi connectivity index (χ0) is 12.7. The highest BCUT2D eigenvalue weighted by Gasteiger charge is 2.07. The van der Waals surface area contributed by atoms with Crippen molar-refractivity contribution in [2.75, 3.05) is 20.7 Å². The van der Waals surface area contributed by atoms with Crippen molar-refractivity contribution in [3.63, 3.8) is 0 Å². The first-order valence-electron chi connectivity index (χ1n) is 5.47. The van der Waals surface area contributed by atoms with Crippen LogP contribution in [0.5, 0.6) is 5.75 Å². The summed E-state index contributed by atoms with van der Waals surface area (Å²) in [7, 11) is 3.35. The SMILES string of the molecule is C#CCN(C)C(=O)CCc1ccc(OC)cc1. The molecule has 0 saturated carbocycles. The molecule has 0 aromatic heterocycles. The minimum absolute atomic E-state index is 0.0683. The molecular weight excluding hydrogens is 214 g/mol. The van der Waals surface area contributed by atoms with Gasteiger partial charge in [0.25, 0.3) is 0 Å². The molecule has 1 aromatic rings. The summed E-state index contributed by atoms with van der Waals surface area (Å²) in [6, 6.07) is 7.72. The number of methoxy groups -OCH3 is 1. The molecule has 0 atom stereocenters. The lowest BCUT2D eigenvalue weighted by molar-refractivity contribution is -0.129. The molecule has 0 spiro atoms. The second-order valence-electron chi connectivity index (χ2n) is 3.80. The molecule has 0 aliphatic rings. The third kappa shape index (κ3) is 4.20. The molecule has 0 bridgehead atoms. The van der Waals surface area contributed by atoms with E-state index in [4.69, 9.17) is 11.2 Å². The summed E-state index contributed by atoms with van der Waals surface area (Å²) in [5.41, 5.74) is 1.12. The number of terminal acetylenes is 1. The van der Waals surface area contributed by atoms with Crippen molar-refractivity contribution in [3.8, 4) is 18.1 Å². The van der Waals surface area contributed by atoms with Crippen molar-refractivity contribution in [1.82, 2.24) is 4.90 Å². The van der Waals surface area contributed by atoms with Gasteiger partial charge in [0.2, 0.25) is 5.91 Å². The Morgan fingerprint density at radius 2 is 2.06 bits per heavy atom. The van der Waals surface area contributed by atoms with E-state index in [1.807, 2.05) is 24.3 Å². The zero-order valence-corrected chi connectivity index (χ0v) is 10.3. The summed E-state index contributed by atoms with van der Waals surface area (Å²) in [6.07, 6.45) is 6.35. The van der Waals surface area contributed by atoms with E-state index in [0.29, 0.717) is 13.0 Å². The minimum Gasteiger partial charge on any atom is -0.497 e. The quantitative estimate of drug-likeness (QED) is 0.722. The summed E-state index contributed by atoms with van der Waals surface area (Å²) in [4.78, 5) is 13.2. The molecule has 3 nitrogen and oxygen atoms in total. The topological polar surface area (TPSA) is 29.5 Å². The molecular formula is C14H17NO2. The van der Waals surface area contributed by atoms with E-state index in [2.05, 4.69) is 5.92 Å². The number of hydrogen-bond donors (Lipinski definition) is 0. The van der Waals surface area contributed by atoms with Crippen LogP contribution in [-0.2, 0) is 11.2 Å². The van der Waals surface area contributed by atoms with Gasteiger partial charge in [0.15, 0.2) is 0 Å². The smallest absolute Gasteiger partial charge is 0.223 e. The minimum atomic E-state index is 0.0683. The van der Waals surface area contributed by atoms with Gasteiger partial charge in [-0.15, -0.1) is 6.42 Å². The number of benzene rings is 1. The van der Waals surface area contributed by atoms with Gasteiger partial charge in [-0.3, -0.25) is 4.79 Å². The molecule has 0 aliphatic carbocycles. The maximum Gasteiger partial charge on any atom is 0.223 e. The molecule has 1 aromatic carbocycles. The van der Waals surface area contributed by atoms with Gasteiger partial charge in [-0.05, 0) is 24.1 Å². The Morgan fingerprint density at radius 1 is 1.41 bits per heavy atom. The first kappa shape index (κ1) is 13.1. The summed E-state index contributed by atoms with van der Waals surface area (Å²) >= 11 is 0. The van der Waals surface area contributed by atoms with Crippen LogP contribution in [-0.4, -0.2) is 31.5 Å². The van der Waals surface area contributed by atoms with Crippen molar-refractivity contribution >= 4 is 5.91 Å². The van der Waals surface area contributed by atoms with Crippen LogP contribution in [0.1, 0.15) is 12.0 Å². The molecule has 90 valence electrons. The number of carbonyl (C=O) groups is 1. The van der Waals surface area contributed by atoms with Gasteiger partial charge in [-0.1, -0.05) is 18.1 Å². The van der Waals surface area contributed by atoms with Crippen molar-refractivity contribution in [2.24, 2.45) is 0 Å². The maximum atomic E-state index is 11.6. The van der Waals surface area contributed by atoms with E-state index in [0.717, 1.165) is 17.7 Å². The number of amides is 1.